The third-order valence-corrected chi connectivity index (χ3v) is 8.96. The number of allylic oxidation sites excluding steroid dienone is 1. The highest BCUT2D eigenvalue weighted by molar-refractivity contribution is 9.13. The Morgan fingerprint density at radius 3 is 2.46 bits per heavy atom. The Morgan fingerprint density at radius 1 is 1.05 bits per heavy atom. The summed E-state index contributed by atoms with van der Waals surface area (Å²) in [5, 5.41) is 6.10. The minimum Gasteiger partial charge on any atom is -0.387 e. The zero-order valence-electron chi connectivity index (χ0n) is 19.4. The highest BCUT2D eigenvalue weighted by Crippen LogP contribution is 2.47. The predicted molar refractivity (Wildman–Crippen MR) is 150 cm³/mol. The Balaban J connectivity index is 1.42. The van der Waals surface area contributed by atoms with Gasteiger partial charge in [-0.25, -0.2) is 9.98 Å². The number of imidazole rings is 1. The number of aliphatic imine (C=N–C) groups is 1. The van der Waals surface area contributed by atoms with E-state index in [1.54, 1.807) is 24.5 Å². The summed E-state index contributed by atoms with van der Waals surface area (Å²) in [4.78, 5) is 43.7. The molecular formula is C23H24Br3N9O2. The van der Waals surface area contributed by atoms with Crippen LogP contribution in [0.4, 0.5) is 5.95 Å². The molecule has 5 rings (SSSR count). The van der Waals surface area contributed by atoms with Gasteiger partial charge in [0, 0.05) is 47.5 Å². The first-order chi connectivity index (χ1) is 17.7. The van der Waals surface area contributed by atoms with Gasteiger partial charge in [0.2, 0.25) is 0 Å². The molecule has 11 nitrogen and oxygen atoms in total. The summed E-state index contributed by atoms with van der Waals surface area (Å²) in [5.74, 6) is 0.0884. The summed E-state index contributed by atoms with van der Waals surface area (Å²) in [5.41, 5.74) is 15.8. The minimum absolute atomic E-state index is 0.0484. The van der Waals surface area contributed by atoms with E-state index < -0.39 is 0 Å². The summed E-state index contributed by atoms with van der Waals surface area (Å²) >= 11 is 10.1. The monoisotopic (exact) mass is 695 g/mol. The van der Waals surface area contributed by atoms with Crippen molar-refractivity contribution in [2.75, 3.05) is 18.8 Å². The zero-order chi connectivity index (χ0) is 26.3. The van der Waals surface area contributed by atoms with E-state index in [-0.39, 0.29) is 29.6 Å². The topological polar surface area (TPSA) is 183 Å². The molecule has 1 aliphatic heterocycles. The normalized spacial score (nSPS) is 21.1. The van der Waals surface area contributed by atoms with Crippen molar-refractivity contribution in [1.29, 1.82) is 0 Å². The lowest BCUT2D eigenvalue weighted by Gasteiger charge is -2.38. The van der Waals surface area contributed by atoms with Gasteiger partial charge in [-0.2, -0.15) is 0 Å². The molecule has 3 atom stereocenters. The Hall–Kier alpha value is -2.84. The molecule has 0 fully saturated rings. The van der Waals surface area contributed by atoms with Gasteiger partial charge in [0.05, 0.1) is 15.3 Å². The molecule has 2 amide bonds. The maximum atomic E-state index is 13.0. The van der Waals surface area contributed by atoms with Gasteiger partial charge >= 0.3 is 0 Å². The van der Waals surface area contributed by atoms with Crippen molar-refractivity contribution in [3.8, 4) is 0 Å². The van der Waals surface area contributed by atoms with E-state index in [2.05, 4.69) is 83.4 Å². The molecule has 14 heteroatoms. The Morgan fingerprint density at radius 2 is 1.81 bits per heavy atom. The van der Waals surface area contributed by atoms with Crippen molar-refractivity contribution >= 4 is 71.4 Å². The number of hydrogen-bond acceptors (Lipinski definition) is 6. The number of rotatable bonds is 7. The van der Waals surface area contributed by atoms with Crippen LogP contribution in [0.15, 0.2) is 54.3 Å². The van der Waals surface area contributed by atoms with Crippen molar-refractivity contribution in [2.24, 2.45) is 22.6 Å². The number of aromatic nitrogens is 4. The van der Waals surface area contributed by atoms with Crippen molar-refractivity contribution in [3.63, 3.8) is 0 Å². The van der Waals surface area contributed by atoms with Gasteiger partial charge in [0.25, 0.3) is 11.8 Å². The fourth-order valence-electron chi connectivity index (χ4n) is 5.06. The first kappa shape index (κ1) is 25.8. The molecule has 37 heavy (non-hydrogen) atoms. The van der Waals surface area contributed by atoms with Gasteiger partial charge < -0.3 is 37.1 Å². The maximum Gasteiger partial charge on any atom is 0.267 e. The van der Waals surface area contributed by atoms with Gasteiger partial charge in [0.15, 0.2) is 5.95 Å². The molecule has 2 aliphatic rings. The zero-order valence-corrected chi connectivity index (χ0v) is 24.1. The number of nitrogens with zero attached hydrogens (tertiary/aromatic N) is 2. The summed E-state index contributed by atoms with van der Waals surface area (Å²) < 4.78 is 2.23. The molecular weight excluding hydrogens is 674 g/mol. The number of H-pyrrole nitrogens is 3. The van der Waals surface area contributed by atoms with E-state index in [1.165, 1.54) is 0 Å². The van der Waals surface area contributed by atoms with E-state index in [0.717, 1.165) is 25.9 Å². The van der Waals surface area contributed by atoms with E-state index in [1.807, 2.05) is 0 Å². The summed E-state index contributed by atoms with van der Waals surface area (Å²) in [6, 6.07) is 3.44. The van der Waals surface area contributed by atoms with Crippen LogP contribution in [0, 0.1) is 11.8 Å². The molecule has 3 aromatic heterocycles. The van der Waals surface area contributed by atoms with Crippen LogP contribution >= 0.6 is 47.8 Å². The average Bonchev–Trinajstić information content (AvgIpc) is 3.63. The highest BCUT2D eigenvalue weighted by atomic mass is 79.9. The molecule has 0 saturated carbocycles. The number of anilines is 1. The average molecular weight is 698 g/mol. The van der Waals surface area contributed by atoms with Crippen LogP contribution in [0.2, 0.25) is 0 Å². The number of carbonyl (C=O) groups is 2. The van der Waals surface area contributed by atoms with Crippen molar-refractivity contribution in [3.05, 3.63) is 66.4 Å². The van der Waals surface area contributed by atoms with Gasteiger partial charge in [-0.15, -0.1) is 0 Å². The number of halogens is 3. The van der Waals surface area contributed by atoms with Crippen molar-refractivity contribution in [1.82, 2.24) is 30.6 Å². The highest BCUT2D eigenvalue weighted by Gasteiger charge is 2.42. The first-order valence-corrected chi connectivity index (χ1v) is 13.9. The fraction of sp³-hybridized carbons (Fsp3) is 0.304. The lowest BCUT2D eigenvalue weighted by atomic mass is 9.69. The van der Waals surface area contributed by atoms with Crippen LogP contribution in [0.25, 0.3) is 0 Å². The van der Waals surface area contributed by atoms with Crippen LogP contribution in [-0.4, -0.2) is 50.7 Å². The number of hydrogen-bond donors (Lipinski definition) is 7. The molecule has 4 heterocycles. The summed E-state index contributed by atoms with van der Waals surface area (Å²) in [7, 11) is 0. The minimum atomic E-state index is -0.241. The number of nitrogens with two attached hydrogens (primary N) is 2. The van der Waals surface area contributed by atoms with Crippen LogP contribution in [0.5, 0.6) is 0 Å². The third kappa shape index (κ3) is 5.41. The number of carbonyl (C=O) groups excluding carboxylic acids is 2. The molecule has 1 aliphatic carbocycles. The second kappa shape index (κ2) is 10.5. The first-order valence-electron chi connectivity index (χ1n) is 11.5. The molecule has 194 valence electrons. The van der Waals surface area contributed by atoms with Gasteiger partial charge in [-0.1, -0.05) is 0 Å². The third-order valence-electron chi connectivity index (χ3n) is 6.72. The molecule has 0 bridgehead atoms. The SMILES string of the molecule is NC1=NC2=C(C1)[C@@H](c1cnc(N)[nH]1)[C@H](CNC(=O)c1cc(Br)c(Br)[nH]1)[C@@H](CNC(=O)c1cc(Br)c[nH]1)C2. The standard InChI is InChI=1S/C23H24Br3N9O2/c24-10-2-15(29-6-10)21(36)30-5-9-1-14-11(3-18(27)33-14)19(17-8-32-23(28)35-17)12(9)7-31-22(37)16-4-13(25)20(26)34-16/h2,4,6,8-9,12,19,29,34H,1,3,5,7H2,(H2,27,33)(H,30,36)(H,31,37)(H3,28,32,35)/t9-,12-,19-/m1/s1. The van der Waals surface area contributed by atoms with Gasteiger partial charge in [0.1, 0.15) is 17.2 Å². The lowest BCUT2D eigenvalue weighted by Crippen LogP contribution is -2.43. The van der Waals surface area contributed by atoms with Crippen molar-refractivity contribution in [2.45, 2.75) is 18.8 Å². The van der Waals surface area contributed by atoms with Crippen LogP contribution in [0.1, 0.15) is 45.4 Å². The number of amidine groups is 1. The van der Waals surface area contributed by atoms with Crippen LogP contribution < -0.4 is 22.1 Å². The number of amides is 2. The molecule has 0 saturated heterocycles. The van der Waals surface area contributed by atoms with E-state index in [9.17, 15) is 9.59 Å². The Labute approximate surface area is 237 Å². The lowest BCUT2D eigenvalue weighted by molar-refractivity contribution is 0.0906. The van der Waals surface area contributed by atoms with Crippen LogP contribution in [0.3, 0.4) is 0 Å². The van der Waals surface area contributed by atoms with Gasteiger partial charge in [-0.05, 0) is 83.8 Å². The fourth-order valence-corrected chi connectivity index (χ4v) is 6.06. The summed E-state index contributed by atoms with van der Waals surface area (Å²) in [6.07, 6.45) is 4.57. The van der Waals surface area contributed by atoms with Crippen molar-refractivity contribution < 1.29 is 9.59 Å². The summed E-state index contributed by atoms with van der Waals surface area (Å²) in [6.45, 7) is 0.726. The second-order valence-electron chi connectivity index (χ2n) is 9.08. The quantitative estimate of drug-likeness (QED) is 0.199. The molecule has 0 spiro atoms. The smallest absolute Gasteiger partial charge is 0.267 e. The predicted octanol–water partition coefficient (Wildman–Crippen LogP) is 3.53. The van der Waals surface area contributed by atoms with E-state index in [4.69, 9.17) is 11.5 Å². The Bertz CT molecular complexity index is 1400. The van der Waals surface area contributed by atoms with Crippen LogP contribution in [-0.2, 0) is 0 Å². The maximum absolute atomic E-state index is 13.0. The number of nitrogens with one attached hydrogen (secondary N) is 5. The largest absolute Gasteiger partial charge is 0.387 e. The number of nitrogen functional groups attached to an aromatic ring is 1. The molecule has 0 unspecified atom stereocenters. The molecule has 9 N–H and O–H groups in total. The molecule has 0 aromatic carbocycles. The van der Waals surface area contributed by atoms with E-state index in [0.29, 0.717) is 53.7 Å². The molecule has 0 radical (unpaired) electrons. The van der Waals surface area contributed by atoms with E-state index >= 15 is 0 Å². The number of aromatic amines is 3. The Kier molecular flexibility index (Phi) is 7.32. The second-order valence-corrected chi connectivity index (χ2v) is 11.6. The molecule has 3 aromatic rings. The van der Waals surface area contributed by atoms with Gasteiger partial charge in [-0.3, -0.25) is 9.59 Å².